The molecule has 0 saturated carbocycles. The molecule has 20 heavy (non-hydrogen) atoms. The summed E-state index contributed by atoms with van der Waals surface area (Å²) in [5.74, 6) is -3.52. The van der Waals surface area contributed by atoms with Crippen molar-refractivity contribution in [3.63, 3.8) is 0 Å². The van der Waals surface area contributed by atoms with Crippen molar-refractivity contribution in [2.45, 2.75) is 25.0 Å². The summed E-state index contributed by atoms with van der Waals surface area (Å²) in [4.78, 5) is 30.4. The van der Waals surface area contributed by atoms with Crippen LogP contribution in [0, 0.1) is 5.92 Å². The number of aliphatic carboxylic acids is 2. The van der Waals surface area contributed by atoms with Gasteiger partial charge in [0.25, 0.3) is 0 Å². The fourth-order valence-electron chi connectivity index (χ4n) is 1.49. The van der Waals surface area contributed by atoms with E-state index in [0.29, 0.717) is 0 Å². The van der Waals surface area contributed by atoms with E-state index in [1.165, 1.54) is 7.11 Å². The Morgan fingerprint density at radius 3 is 1.95 bits per heavy atom. The molecular formula is C11H19NO8. The number of aliphatic hydroxyl groups is 2. The lowest BCUT2D eigenvalue weighted by atomic mass is 10.0. The molecule has 1 aliphatic rings. The first-order chi connectivity index (χ1) is 9.31. The summed E-state index contributed by atoms with van der Waals surface area (Å²) in [7, 11) is 1.44. The SMILES string of the molecule is COC(=O)[C@H]1CCCNC1.O=C(O)[C@@H](O)[C@H](O)C(=O)O. The third-order valence-corrected chi connectivity index (χ3v) is 2.64. The summed E-state index contributed by atoms with van der Waals surface area (Å²) in [5.41, 5.74) is 0. The molecule has 1 aliphatic heterocycles. The van der Waals surface area contributed by atoms with Crippen LogP contribution in [0.4, 0.5) is 0 Å². The van der Waals surface area contributed by atoms with E-state index in [2.05, 4.69) is 10.1 Å². The van der Waals surface area contributed by atoms with Crippen LogP contribution in [0.25, 0.3) is 0 Å². The number of ether oxygens (including phenoxy) is 1. The maximum absolute atomic E-state index is 10.9. The Kier molecular flexibility index (Phi) is 8.45. The fraction of sp³-hybridized carbons (Fsp3) is 0.727. The van der Waals surface area contributed by atoms with Gasteiger partial charge in [0.15, 0.2) is 12.2 Å². The minimum absolute atomic E-state index is 0.0767. The van der Waals surface area contributed by atoms with E-state index < -0.39 is 24.1 Å². The molecule has 5 N–H and O–H groups in total. The van der Waals surface area contributed by atoms with E-state index in [9.17, 15) is 14.4 Å². The molecule has 0 aliphatic carbocycles. The van der Waals surface area contributed by atoms with Crippen LogP contribution in [-0.2, 0) is 19.1 Å². The molecule has 0 radical (unpaired) electrons. The van der Waals surface area contributed by atoms with Crippen molar-refractivity contribution in [1.82, 2.24) is 5.32 Å². The topological polar surface area (TPSA) is 153 Å². The summed E-state index contributed by atoms with van der Waals surface area (Å²) in [5, 5.41) is 35.7. The highest BCUT2D eigenvalue weighted by Crippen LogP contribution is 2.10. The largest absolute Gasteiger partial charge is 0.479 e. The number of carboxylic acid groups (broad SMARTS) is 2. The zero-order chi connectivity index (χ0) is 15.7. The first-order valence-electron chi connectivity index (χ1n) is 5.91. The maximum atomic E-state index is 10.9. The second kappa shape index (κ2) is 9.23. The molecule has 0 aromatic carbocycles. The Bertz CT molecular complexity index is 321. The number of nitrogens with one attached hydrogen (secondary N) is 1. The van der Waals surface area contributed by atoms with Crippen LogP contribution in [0.5, 0.6) is 0 Å². The maximum Gasteiger partial charge on any atom is 0.335 e. The number of hydrogen-bond acceptors (Lipinski definition) is 7. The first-order valence-corrected chi connectivity index (χ1v) is 5.91. The van der Waals surface area contributed by atoms with Gasteiger partial charge in [-0.15, -0.1) is 0 Å². The Morgan fingerprint density at radius 2 is 1.65 bits per heavy atom. The van der Waals surface area contributed by atoms with E-state index in [0.717, 1.165) is 25.9 Å². The Morgan fingerprint density at radius 1 is 1.15 bits per heavy atom. The van der Waals surface area contributed by atoms with E-state index in [1.807, 2.05) is 0 Å². The van der Waals surface area contributed by atoms with Crippen LogP contribution < -0.4 is 5.32 Å². The van der Waals surface area contributed by atoms with Crippen molar-refractivity contribution in [3.05, 3.63) is 0 Å². The van der Waals surface area contributed by atoms with Crippen molar-refractivity contribution in [1.29, 1.82) is 0 Å². The number of piperidine rings is 1. The molecule has 3 atom stereocenters. The van der Waals surface area contributed by atoms with Crippen molar-refractivity contribution in [2.24, 2.45) is 5.92 Å². The highest BCUT2D eigenvalue weighted by atomic mass is 16.5. The van der Waals surface area contributed by atoms with Crippen LogP contribution in [0.2, 0.25) is 0 Å². The summed E-state index contributed by atoms with van der Waals surface area (Å²) in [6, 6.07) is 0. The highest BCUT2D eigenvalue weighted by Gasteiger charge is 2.29. The summed E-state index contributed by atoms with van der Waals surface area (Å²) >= 11 is 0. The lowest BCUT2D eigenvalue weighted by molar-refractivity contribution is -0.165. The normalized spacial score (nSPS) is 20.9. The Labute approximate surface area is 115 Å². The van der Waals surface area contributed by atoms with Gasteiger partial charge in [0.2, 0.25) is 0 Å². The molecule has 0 bridgehead atoms. The Balaban J connectivity index is 0.000000361. The number of esters is 1. The van der Waals surface area contributed by atoms with Crippen LogP contribution in [0.3, 0.4) is 0 Å². The lowest BCUT2D eigenvalue weighted by Gasteiger charge is -2.19. The van der Waals surface area contributed by atoms with Crippen molar-refractivity contribution in [2.75, 3.05) is 20.2 Å². The second-order valence-corrected chi connectivity index (χ2v) is 4.13. The van der Waals surface area contributed by atoms with E-state index in [-0.39, 0.29) is 11.9 Å². The number of aliphatic hydroxyl groups excluding tert-OH is 2. The molecule has 0 aromatic rings. The molecule has 1 saturated heterocycles. The van der Waals surface area contributed by atoms with E-state index in [1.54, 1.807) is 0 Å². The number of carboxylic acids is 2. The zero-order valence-electron chi connectivity index (χ0n) is 11.0. The average molecular weight is 293 g/mol. The fourth-order valence-corrected chi connectivity index (χ4v) is 1.49. The van der Waals surface area contributed by atoms with E-state index in [4.69, 9.17) is 20.4 Å². The highest BCUT2D eigenvalue weighted by molar-refractivity contribution is 5.83. The molecule has 1 fully saturated rings. The smallest absolute Gasteiger partial charge is 0.335 e. The van der Waals surface area contributed by atoms with Crippen LogP contribution in [-0.4, -0.2) is 70.7 Å². The number of carbonyl (C=O) groups excluding carboxylic acids is 1. The first kappa shape index (κ1) is 18.3. The van der Waals surface area contributed by atoms with Crippen LogP contribution >= 0.6 is 0 Å². The van der Waals surface area contributed by atoms with Gasteiger partial charge in [-0.3, -0.25) is 4.79 Å². The predicted octanol–water partition coefficient (Wildman–Crippen LogP) is -1.96. The van der Waals surface area contributed by atoms with Gasteiger partial charge in [0, 0.05) is 6.54 Å². The van der Waals surface area contributed by atoms with Gasteiger partial charge in [-0.2, -0.15) is 0 Å². The molecular weight excluding hydrogens is 274 g/mol. The van der Waals surface area contributed by atoms with Gasteiger partial charge in [-0.05, 0) is 19.4 Å². The molecule has 0 spiro atoms. The number of hydrogen-bond donors (Lipinski definition) is 5. The van der Waals surface area contributed by atoms with Crippen LogP contribution in [0.1, 0.15) is 12.8 Å². The molecule has 1 rings (SSSR count). The van der Waals surface area contributed by atoms with Gasteiger partial charge >= 0.3 is 17.9 Å². The molecule has 116 valence electrons. The molecule has 1 heterocycles. The molecule has 9 nitrogen and oxygen atoms in total. The number of rotatable bonds is 4. The average Bonchev–Trinajstić information content (AvgIpc) is 2.46. The zero-order valence-corrected chi connectivity index (χ0v) is 11.0. The molecule has 0 aromatic heterocycles. The van der Waals surface area contributed by atoms with Crippen molar-refractivity contribution in [3.8, 4) is 0 Å². The number of carbonyl (C=O) groups is 3. The third kappa shape index (κ3) is 6.45. The third-order valence-electron chi connectivity index (χ3n) is 2.64. The van der Waals surface area contributed by atoms with Gasteiger partial charge < -0.3 is 30.5 Å². The van der Waals surface area contributed by atoms with Gasteiger partial charge in [0.05, 0.1) is 13.0 Å². The van der Waals surface area contributed by atoms with E-state index >= 15 is 0 Å². The van der Waals surface area contributed by atoms with Gasteiger partial charge in [0.1, 0.15) is 0 Å². The quantitative estimate of drug-likeness (QED) is 0.371. The minimum Gasteiger partial charge on any atom is -0.479 e. The molecule has 9 heteroatoms. The summed E-state index contributed by atoms with van der Waals surface area (Å²) in [6.45, 7) is 1.82. The van der Waals surface area contributed by atoms with Crippen molar-refractivity contribution >= 4 is 17.9 Å². The monoisotopic (exact) mass is 293 g/mol. The van der Waals surface area contributed by atoms with Gasteiger partial charge in [-0.1, -0.05) is 0 Å². The van der Waals surface area contributed by atoms with Gasteiger partial charge in [-0.25, -0.2) is 9.59 Å². The minimum atomic E-state index is -2.27. The number of methoxy groups -OCH3 is 1. The molecule has 0 unspecified atom stereocenters. The molecule has 0 amide bonds. The van der Waals surface area contributed by atoms with Crippen molar-refractivity contribution < 1.29 is 39.5 Å². The second-order valence-electron chi connectivity index (χ2n) is 4.13. The predicted molar refractivity (Wildman–Crippen MR) is 64.9 cm³/mol. The van der Waals surface area contributed by atoms with Crippen LogP contribution in [0.15, 0.2) is 0 Å². The summed E-state index contributed by atoms with van der Waals surface area (Å²) in [6.07, 6.45) is -2.48. The summed E-state index contributed by atoms with van der Waals surface area (Å²) < 4.78 is 4.61. The lowest BCUT2D eigenvalue weighted by Crippen LogP contribution is -2.39. The Hall–Kier alpha value is -1.71. The standard InChI is InChI=1S/C7H13NO2.C4H6O6/c1-10-7(9)6-3-2-4-8-5-6;5-1(3(7)8)2(6)4(9)10/h6,8H,2-5H2,1H3;1-2,5-6H,(H,7,8)(H,9,10)/t6-;1-,2-/m00/s1.